The van der Waals surface area contributed by atoms with Gasteiger partial charge in [0.1, 0.15) is 23.4 Å². The van der Waals surface area contributed by atoms with Crippen LogP contribution in [-0.2, 0) is 11.2 Å². The second-order valence-corrected chi connectivity index (χ2v) is 6.34. The molecule has 2 unspecified atom stereocenters. The Morgan fingerprint density at radius 1 is 1.33 bits per heavy atom. The molecule has 2 N–H and O–H groups in total. The molecule has 2 atom stereocenters. The van der Waals surface area contributed by atoms with E-state index in [1.165, 1.54) is 0 Å². The van der Waals surface area contributed by atoms with Crippen LogP contribution in [0, 0.1) is 22.7 Å². The fraction of sp³-hybridized carbons (Fsp3) is 0.300. The highest BCUT2D eigenvalue weighted by Crippen LogP contribution is 2.23. The van der Waals surface area contributed by atoms with Crippen molar-refractivity contribution in [1.29, 1.82) is 10.5 Å². The van der Waals surface area contributed by atoms with Crippen molar-refractivity contribution in [3.63, 3.8) is 0 Å². The predicted octanol–water partition coefficient (Wildman–Crippen LogP) is 2.13. The first-order chi connectivity index (χ1) is 13.1. The van der Waals surface area contributed by atoms with Crippen LogP contribution in [0.4, 0.5) is 0 Å². The molecular formula is C20H19N5O2. The van der Waals surface area contributed by atoms with Gasteiger partial charge in [-0.15, -0.1) is 0 Å². The molecule has 7 heteroatoms. The first-order valence-electron chi connectivity index (χ1n) is 8.70. The summed E-state index contributed by atoms with van der Waals surface area (Å²) >= 11 is 0. The van der Waals surface area contributed by atoms with E-state index in [1.54, 1.807) is 35.4 Å². The van der Waals surface area contributed by atoms with Crippen molar-refractivity contribution in [3.05, 3.63) is 53.7 Å². The number of pyridine rings is 1. The monoisotopic (exact) mass is 361 g/mol. The third kappa shape index (κ3) is 4.22. The Bertz CT molecular complexity index is 898. The number of amides is 1. The van der Waals surface area contributed by atoms with Crippen LogP contribution in [0.15, 0.2) is 42.6 Å². The first-order valence-corrected chi connectivity index (χ1v) is 8.70. The molecular weight excluding hydrogens is 342 g/mol. The van der Waals surface area contributed by atoms with Gasteiger partial charge in [-0.3, -0.25) is 4.79 Å². The lowest BCUT2D eigenvalue weighted by atomic mass is 10.0. The van der Waals surface area contributed by atoms with Crippen LogP contribution in [0.3, 0.4) is 0 Å². The average Bonchev–Trinajstić information content (AvgIpc) is 3.18. The highest BCUT2D eigenvalue weighted by molar-refractivity contribution is 5.82. The molecule has 1 aromatic heterocycles. The van der Waals surface area contributed by atoms with Crippen molar-refractivity contribution in [1.82, 2.24) is 9.88 Å². The van der Waals surface area contributed by atoms with Crippen LogP contribution in [-0.4, -0.2) is 34.4 Å². The molecule has 0 aliphatic carbocycles. The number of nitriles is 2. The van der Waals surface area contributed by atoms with Gasteiger partial charge in [0.15, 0.2) is 0 Å². The molecule has 0 spiro atoms. The summed E-state index contributed by atoms with van der Waals surface area (Å²) in [5.41, 5.74) is 7.31. The maximum atomic E-state index is 12.5. The molecule has 27 heavy (non-hydrogen) atoms. The van der Waals surface area contributed by atoms with Crippen LogP contribution in [0.25, 0.3) is 0 Å². The number of ether oxygens (including phenoxy) is 1. The zero-order valence-corrected chi connectivity index (χ0v) is 14.7. The Morgan fingerprint density at radius 3 is 2.81 bits per heavy atom. The van der Waals surface area contributed by atoms with Crippen molar-refractivity contribution in [2.45, 2.75) is 31.3 Å². The number of hydrogen-bond acceptors (Lipinski definition) is 6. The second kappa shape index (κ2) is 8.31. The average molecular weight is 361 g/mol. The molecule has 1 fully saturated rings. The largest absolute Gasteiger partial charge is 0.438 e. The van der Waals surface area contributed by atoms with Gasteiger partial charge in [0, 0.05) is 12.7 Å². The standard InChI is InChI=1S/C20H19N5O2/c21-12-15-3-1-9-24-19(15)27-17-7-5-14(6-8-17)11-18(23)20(26)25-10-2-4-16(25)13-22/h1,3,5-9,16,18H,2,4,10-11,23H2. The molecule has 0 saturated carbocycles. The van der Waals surface area contributed by atoms with Gasteiger partial charge < -0.3 is 15.4 Å². The number of aromatic nitrogens is 1. The lowest BCUT2D eigenvalue weighted by Gasteiger charge is -2.23. The number of nitrogens with two attached hydrogens (primary N) is 1. The predicted molar refractivity (Wildman–Crippen MR) is 97.5 cm³/mol. The minimum Gasteiger partial charge on any atom is -0.438 e. The fourth-order valence-corrected chi connectivity index (χ4v) is 3.08. The lowest BCUT2D eigenvalue weighted by molar-refractivity contribution is -0.132. The van der Waals surface area contributed by atoms with Crippen molar-refractivity contribution in [3.8, 4) is 23.8 Å². The van der Waals surface area contributed by atoms with Crippen molar-refractivity contribution < 1.29 is 9.53 Å². The van der Waals surface area contributed by atoms with E-state index in [4.69, 9.17) is 21.0 Å². The Hall–Kier alpha value is -3.42. The molecule has 1 aromatic carbocycles. The van der Waals surface area contributed by atoms with Gasteiger partial charge >= 0.3 is 0 Å². The molecule has 7 nitrogen and oxygen atoms in total. The topological polar surface area (TPSA) is 116 Å². The Labute approximate surface area is 157 Å². The number of carbonyl (C=O) groups is 1. The van der Waals surface area contributed by atoms with Crippen LogP contribution < -0.4 is 10.5 Å². The number of hydrogen-bond donors (Lipinski definition) is 1. The number of benzene rings is 1. The maximum Gasteiger partial charge on any atom is 0.240 e. The molecule has 2 aromatic rings. The zero-order valence-electron chi connectivity index (χ0n) is 14.7. The van der Waals surface area contributed by atoms with E-state index in [9.17, 15) is 4.79 Å². The summed E-state index contributed by atoms with van der Waals surface area (Å²) in [6, 6.07) is 13.6. The highest BCUT2D eigenvalue weighted by Gasteiger charge is 2.31. The van der Waals surface area contributed by atoms with Crippen molar-refractivity contribution >= 4 is 5.91 Å². The molecule has 0 bridgehead atoms. The van der Waals surface area contributed by atoms with Crippen LogP contribution in [0.1, 0.15) is 24.0 Å². The maximum absolute atomic E-state index is 12.5. The van der Waals surface area contributed by atoms with Gasteiger partial charge in [0.05, 0.1) is 12.1 Å². The van der Waals surface area contributed by atoms with Crippen molar-refractivity contribution in [2.24, 2.45) is 5.73 Å². The van der Waals surface area contributed by atoms with Crippen LogP contribution >= 0.6 is 0 Å². The molecule has 1 aliphatic heterocycles. The molecule has 3 rings (SSSR count). The summed E-state index contributed by atoms with van der Waals surface area (Å²) in [5, 5.41) is 18.2. The van der Waals surface area contributed by atoms with E-state index in [0.717, 1.165) is 12.0 Å². The smallest absolute Gasteiger partial charge is 0.240 e. The lowest BCUT2D eigenvalue weighted by Crippen LogP contribution is -2.46. The number of nitrogens with zero attached hydrogens (tertiary/aromatic N) is 4. The molecule has 1 amide bonds. The summed E-state index contributed by atoms with van der Waals surface area (Å²) < 4.78 is 5.64. The molecule has 2 heterocycles. The van der Waals surface area contributed by atoms with Crippen LogP contribution in [0.2, 0.25) is 0 Å². The van der Waals surface area contributed by atoms with E-state index >= 15 is 0 Å². The first kappa shape index (κ1) is 18.4. The fourth-order valence-electron chi connectivity index (χ4n) is 3.08. The minimum atomic E-state index is -0.688. The number of carbonyl (C=O) groups excluding carboxylic acids is 1. The third-order valence-corrected chi connectivity index (χ3v) is 4.49. The summed E-state index contributed by atoms with van der Waals surface area (Å²) in [6.45, 7) is 0.586. The molecule has 1 aliphatic rings. The third-order valence-electron chi connectivity index (χ3n) is 4.49. The second-order valence-electron chi connectivity index (χ2n) is 6.34. The van der Waals surface area contributed by atoms with Gasteiger partial charge in [-0.05, 0) is 49.1 Å². The van der Waals surface area contributed by atoms with E-state index < -0.39 is 6.04 Å². The van der Waals surface area contributed by atoms with Crippen molar-refractivity contribution in [2.75, 3.05) is 6.54 Å². The van der Waals surface area contributed by atoms with Gasteiger partial charge in [0.25, 0.3) is 0 Å². The normalized spacial score (nSPS) is 17.0. The molecule has 0 radical (unpaired) electrons. The van der Waals surface area contributed by atoms with Gasteiger partial charge in [-0.1, -0.05) is 12.1 Å². The van der Waals surface area contributed by atoms with Gasteiger partial charge in [-0.2, -0.15) is 10.5 Å². The van der Waals surface area contributed by atoms with E-state index in [1.807, 2.05) is 18.2 Å². The van der Waals surface area contributed by atoms with E-state index in [2.05, 4.69) is 11.1 Å². The van der Waals surface area contributed by atoms with E-state index in [-0.39, 0.29) is 17.8 Å². The summed E-state index contributed by atoms with van der Waals surface area (Å²) in [4.78, 5) is 18.1. The summed E-state index contributed by atoms with van der Waals surface area (Å²) in [5.74, 6) is 0.598. The van der Waals surface area contributed by atoms with E-state index in [0.29, 0.717) is 30.7 Å². The van der Waals surface area contributed by atoms with Crippen LogP contribution in [0.5, 0.6) is 11.6 Å². The zero-order chi connectivity index (χ0) is 19.2. The Kier molecular flexibility index (Phi) is 5.65. The quantitative estimate of drug-likeness (QED) is 0.872. The summed E-state index contributed by atoms with van der Waals surface area (Å²) in [6.07, 6.45) is 3.48. The number of likely N-dealkylation sites (tertiary alicyclic amines) is 1. The Morgan fingerprint density at radius 2 is 2.11 bits per heavy atom. The number of rotatable bonds is 5. The summed E-state index contributed by atoms with van der Waals surface area (Å²) in [7, 11) is 0. The van der Waals surface area contributed by atoms with Gasteiger partial charge in [-0.25, -0.2) is 4.98 Å². The Balaban J connectivity index is 1.63. The molecule has 136 valence electrons. The van der Waals surface area contributed by atoms with Gasteiger partial charge in [0.2, 0.25) is 11.8 Å². The highest BCUT2D eigenvalue weighted by atomic mass is 16.5. The SMILES string of the molecule is N#Cc1cccnc1Oc1ccc(CC(N)C(=O)N2CCCC2C#N)cc1. The minimum absolute atomic E-state index is 0.188. The molecule has 1 saturated heterocycles.